The monoisotopic (exact) mass is 332 g/mol. The van der Waals surface area contributed by atoms with Crippen molar-refractivity contribution >= 4 is 19.7 Å². The number of hydrogen-bond donors (Lipinski definition) is 0. The van der Waals surface area contributed by atoms with E-state index in [1.54, 1.807) is 0 Å². The third-order valence-corrected chi connectivity index (χ3v) is 6.32. The van der Waals surface area contributed by atoms with Gasteiger partial charge in [-0.15, -0.1) is 0 Å². The van der Waals surface area contributed by atoms with Gasteiger partial charge in [-0.1, -0.05) is 18.9 Å². The minimum absolute atomic E-state index is 0.0733. The highest BCUT2D eigenvalue weighted by molar-refractivity contribution is 7.91. The largest absolute Gasteiger partial charge is 0.495 e. The molecule has 21 heavy (non-hydrogen) atoms. The van der Waals surface area contributed by atoms with E-state index < -0.39 is 19.7 Å². The van der Waals surface area contributed by atoms with Crippen LogP contribution in [0.2, 0.25) is 0 Å². The van der Waals surface area contributed by atoms with Crippen LogP contribution in [0.4, 0.5) is 0 Å². The molecule has 5 nitrogen and oxygen atoms in total. The van der Waals surface area contributed by atoms with Crippen LogP contribution in [0.1, 0.15) is 24.8 Å². The van der Waals surface area contributed by atoms with Gasteiger partial charge in [0.05, 0.1) is 18.6 Å². The summed E-state index contributed by atoms with van der Waals surface area (Å²) in [5, 5.41) is 0. The van der Waals surface area contributed by atoms with Gasteiger partial charge in [0.2, 0.25) is 0 Å². The van der Waals surface area contributed by atoms with Crippen molar-refractivity contribution < 1.29 is 21.6 Å². The Morgan fingerprint density at radius 2 is 1.86 bits per heavy atom. The lowest BCUT2D eigenvalue weighted by Crippen LogP contribution is -2.10. The van der Waals surface area contributed by atoms with E-state index in [-0.39, 0.29) is 22.2 Å². The lowest BCUT2D eigenvalue weighted by atomic mass is 10.2. The van der Waals surface area contributed by atoms with Crippen molar-refractivity contribution in [3.05, 3.63) is 23.8 Å². The maximum absolute atomic E-state index is 12.1. The first-order valence-electron chi connectivity index (χ1n) is 6.79. The van der Waals surface area contributed by atoms with Crippen LogP contribution in [0.25, 0.3) is 0 Å². The molecular formula is C14H20O5S2. The molecule has 0 unspecified atom stereocenters. The highest BCUT2D eigenvalue weighted by Gasteiger charge is 2.24. The van der Waals surface area contributed by atoms with Gasteiger partial charge in [0.1, 0.15) is 10.6 Å². The molecule has 0 aliphatic heterocycles. The normalized spacial score (nSPS) is 15.9. The lowest BCUT2D eigenvalue weighted by molar-refractivity contribution is 0.402. The first-order chi connectivity index (χ1) is 9.71. The van der Waals surface area contributed by atoms with E-state index in [0.29, 0.717) is 11.5 Å². The molecule has 1 aromatic carbocycles. The Balaban J connectivity index is 2.16. The molecule has 0 amide bonds. The summed E-state index contributed by atoms with van der Waals surface area (Å²) in [4.78, 5) is 0.0733. The van der Waals surface area contributed by atoms with Crippen LogP contribution < -0.4 is 4.74 Å². The summed E-state index contributed by atoms with van der Waals surface area (Å²) in [6, 6.07) is 4.43. The topological polar surface area (TPSA) is 77.5 Å². The summed E-state index contributed by atoms with van der Waals surface area (Å²) in [5.74, 6) is 0.864. The van der Waals surface area contributed by atoms with Crippen molar-refractivity contribution in [2.45, 2.75) is 29.9 Å². The maximum Gasteiger partial charge on any atom is 0.179 e. The molecule has 1 aromatic rings. The Hall–Kier alpha value is -1.08. The van der Waals surface area contributed by atoms with E-state index in [4.69, 9.17) is 4.74 Å². The van der Waals surface area contributed by atoms with Gasteiger partial charge in [0.25, 0.3) is 0 Å². The second kappa shape index (κ2) is 5.96. The predicted molar refractivity (Wildman–Crippen MR) is 80.9 cm³/mol. The Labute approximate surface area is 126 Å². The Kier molecular flexibility index (Phi) is 4.63. The van der Waals surface area contributed by atoms with E-state index in [0.717, 1.165) is 25.5 Å². The van der Waals surface area contributed by atoms with Gasteiger partial charge in [-0.25, -0.2) is 16.8 Å². The quantitative estimate of drug-likeness (QED) is 0.761. The van der Waals surface area contributed by atoms with Crippen molar-refractivity contribution in [3.8, 4) is 5.75 Å². The molecule has 7 heteroatoms. The molecule has 0 saturated heterocycles. The summed E-state index contributed by atoms with van der Waals surface area (Å²) in [7, 11) is -5.19. The molecule has 0 spiro atoms. The maximum atomic E-state index is 12.1. The smallest absolute Gasteiger partial charge is 0.179 e. The van der Waals surface area contributed by atoms with Gasteiger partial charge >= 0.3 is 0 Å². The van der Waals surface area contributed by atoms with Gasteiger partial charge in [-0.2, -0.15) is 0 Å². The second-order valence-electron chi connectivity index (χ2n) is 5.58. The van der Waals surface area contributed by atoms with Gasteiger partial charge in [-0.3, -0.25) is 0 Å². The zero-order valence-electron chi connectivity index (χ0n) is 12.2. The molecular weight excluding hydrogens is 312 g/mol. The SMILES string of the molecule is COc1cc(CS(=O)(=O)CCC2CC2)ccc1S(C)(=O)=O. The van der Waals surface area contributed by atoms with Crippen molar-refractivity contribution in [2.24, 2.45) is 5.92 Å². The summed E-state index contributed by atoms with van der Waals surface area (Å²) >= 11 is 0. The molecule has 2 rings (SSSR count). The summed E-state index contributed by atoms with van der Waals surface area (Å²) < 4.78 is 52.4. The van der Waals surface area contributed by atoms with Crippen LogP contribution >= 0.6 is 0 Å². The average molecular weight is 332 g/mol. The highest BCUT2D eigenvalue weighted by Crippen LogP contribution is 2.33. The number of methoxy groups -OCH3 is 1. The first-order valence-corrected chi connectivity index (χ1v) is 10.5. The first kappa shape index (κ1) is 16.3. The third kappa shape index (κ3) is 4.71. The lowest BCUT2D eigenvalue weighted by Gasteiger charge is -2.10. The molecule has 0 bridgehead atoms. The second-order valence-corrected chi connectivity index (χ2v) is 9.75. The Bertz CT molecular complexity index is 716. The number of ether oxygens (including phenoxy) is 1. The summed E-state index contributed by atoms with van der Waals surface area (Å²) in [6.07, 6.45) is 4.08. The Morgan fingerprint density at radius 3 is 2.38 bits per heavy atom. The van der Waals surface area contributed by atoms with E-state index in [1.165, 1.54) is 25.3 Å². The minimum Gasteiger partial charge on any atom is -0.495 e. The van der Waals surface area contributed by atoms with Gasteiger partial charge < -0.3 is 4.74 Å². The van der Waals surface area contributed by atoms with Crippen LogP contribution in [0.15, 0.2) is 23.1 Å². The van der Waals surface area contributed by atoms with E-state index in [9.17, 15) is 16.8 Å². The van der Waals surface area contributed by atoms with Crippen LogP contribution in [0, 0.1) is 5.92 Å². The molecule has 0 aromatic heterocycles. The molecule has 0 heterocycles. The number of benzene rings is 1. The zero-order chi connectivity index (χ0) is 15.7. The van der Waals surface area contributed by atoms with Crippen LogP contribution in [-0.2, 0) is 25.4 Å². The van der Waals surface area contributed by atoms with E-state index in [2.05, 4.69) is 0 Å². The molecule has 1 saturated carbocycles. The van der Waals surface area contributed by atoms with Crippen molar-refractivity contribution in [1.82, 2.24) is 0 Å². The predicted octanol–water partition coefficient (Wildman–Crippen LogP) is 1.81. The zero-order valence-corrected chi connectivity index (χ0v) is 13.8. The standard InChI is InChI=1S/C14H20O5S2/c1-19-13-9-12(5-6-14(13)20(2,15)16)10-21(17,18)8-7-11-3-4-11/h5-6,9,11H,3-4,7-8,10H2,1-2H3. The van der Waals surface area contributed by atoms with Crippen LogP contribution in [0.5, 0.6) is 5.75 Å². The molecule has 118 valence electrons. The van der Waals surface area contributed by atoms with Gasteiger partial charge in [0, 0.05) is 6.26 Å². The van der Waals surface area contributed by atoms with Gasteiger partial charge in [0.15, 0.2) is 19.7 Å². The van der Waals surface area contributed by atoms with Crippen LogP contribution in [-0.4, -0.2) is 36.0 Å². The molecule has 1 aliphatic rings. The highest BCUT2D eigenvalue weighted by atomic mass is 32.2. The number of rotatable bonds is 7. The Morgan fingerprint density at radius 1 is 1.19 bits per heavy atom. The molecule has 1 aliphatic carbocycles. The van der Waals surface area contributed by atoms with E-state index >= 15 is 0 Å². The number of hydrogen-bond acceptors (Lipinski definition) is 5. The molecule has 0 N–H and O–H groups in total. The summed E-state index contributed by atoms with van der Waals surface area (Å²) in [6.45, 7) is 0. The summed E-state index contributed by atoms with van der Waals surface area (Å²) in [5.41, 5.74) is 0.551. The minimum atomic E-state index is -3.39. The van der Waals surface area contributed by atoms with Crippen molar-refractivity contribution in [3.63, 3.8) is 0 Å². The fourth-order valence-corrected chi connectivity index (χ4v) is 4.53. The molecule has 0 atom stereocenters. The van der Waals surface area contributed by atoms with Crippen molar-refractivity contribution in [1.29, 1.82) is 0 Å². The fraction of sp³-hybridized carbons (Fsp3) is 0.571. The average Bonchev–Trinajstić information content (AvgIpc) is 3.18. The van der Waals surface area contributed by atoms with Crippen molar-refractivity contribution in [2.75, 3.05) is 19.1 Å². The molecule has 0 radical (unpaired) electrons. The fourth-order valence-electron chi connectivity index (χ4n) is 2.19. The van der Waals surface area contributed by atoms with Crippen LogP contribution in [0.3, 0.4) is 0 Å². The molecule has 1 fully saturated rings. The number of sulfone groups is 2. The van der Waals surface area contributed by atoms with Gasteiger partial charge in [-0.05, 0) is 30.0 Å². The van der Waals surface area contributed by atoms with E-state index in [1.807, 2.05) is 0 Å². The third-order valence-electron chi connectivity index (χ3n) is 3.55.